The maximum absolute atomic E-state index is 10.4. The molecule has 0 saturated heterocycles. The third kappa shape index (κ3) is 2.40. The molecule has 0 saturated carbocycles. The fourth-order valence-electron chi connectivity index (χ4n) is 0.763. The standard InChI is InChI=1S/C9H8O2.ClH/c1-7(9(10)11)8-5-3-2-4-6-8;/h2-6H,1H2,(H,10,11);1H. The largest absolute Gasteiger partial charge is 0.478 e. The highest BCUT2D eigenvalue weighted by Gasteiger charge is 2.04. The quantitative estimate of drug-likeness (QED) is 0.716. The van der Waals surface area contributed by atoms with Crippen LogP contribution in [0.3, 0.4) is 0 Å². The van der Waals surface area contributed by atoms with E-state index in [-0.39, 0.29) is 18.0 Å². The lowest BCUT2D eigenvalue weighted by Crippen LogP contribution is -1.96. The predicted octanol–water partition coefficient (Wildman–Crippen LogP) is 2.21. The molecule has 1 N–H and O–H groups in total. The van der Waals surface area contributed by atoms with Gasteiger partial charge in [-0.05, 0) is 5.56 Å². The summed E-state index contributed by atoms with van der Waals surface area (Å²) in [5.41, 5.74) is 0.783. The molecule has 0 aliphatic rings. The van der Waals surface area contributed by atoms with Gasteiger partial charge in [-0.15, -0.1) is 12.4 Å². The number of hydrogen-bond acceptors (Lipinski definition) is 1. The molecule has 0 atom stereocenters. The molecular weight excluding hydrogens is 176 g/mol. The van der Waals surface area contributed by atoms with Gasteiger partial charge in [0.2, 0.25) is 0 Å². The van der Waals surface area contributed by atoms with Crippen molar-refractivity contribution in [1.29, 1.82) is 0 Å². The number of carbonyl (C=O) groups is 1. The van der Waals surface area contributed by atoms with Gasteiger partial charge < -0.3 is 5.11 Å². The van der Waals surface area contributed by atoms with Crippen LogP contribution in [0.25, 0.3) is 5.57 Å². The van der Waals surface area contributed by atoms with Crippen LogP contribution in [0.4, 0.5) is 0 Å². The van der Waals surface area contributed by atoms with E-state index in [0.717, 1.165) is 0 Å². The van der Waals surface area contributed by atoms with Gasteiger partial charge in [0.1, 0.15) is 0 Å². The van der Waals surface area contributed by atoms with Crippen molar-refractivity contribution in [2.45, 2.75) is 0 Å². The van der Waals surface area contributed by atoms with Gasteiger partial charge in [0.15, 0.2) is 0 Å². The molecule has 3 heteroatoms. The van der Waals surface area contributed by atoms with Crippen LogP contribution in [0.2, 0.25) is 0 Å². The van der Waals surface area contributed by atoms with E-state index in [1.165, 1.54) is 0 Å². The Balaban J connectivity index is 0.00000121. The zero-order chi connectivity index (χ0) is 8.27. The predicted molar refractivity (Wildman–Crippen MR) is 50.4 cm³/mol. The summed E-state index contributed by atoms with van der Waals surface area (Å²) in [5, 5.41) is 8.54. The molecule has 0 aromatic heterocycles. The number of hydrogen-bond donors (Lipinski definition) is 1. The summed E-state index contributed by atoms with van der Waals surface area (Å²) in [7, 11) is 0. The van der Waals surface area contributed by atoms with Crippen molar-refractivity contribution in [1.82, 2.24) is 0 Å². The van der Waals surface area contributed by atoms with Crippen LogP contribution in [0.15, 0.2) is 36.9 Å². The average molecular weight is 185 g/mol. The summed E-state index contributed by atoms with van der Waals surface area (Å²) >= 11 is 0. The Hall–Kier alpha value is -1.28. The lowest BCUT2D eigenvalue weighted by atomic mass is 10.1. The van der Waals surface area contributed by atoms with E-state index >= 15 is 0 Å². The molecule has 0 aliphatic heterocycles. The highest BCUT2D eigenvalue weighted by atomic mass is 35.5. The minimum Gasteiger partial charge on any atom is -0.478 e. The van der Waals surface area contributed by atoms with Crippen LogP contribution in [0.1, 0.15) is 5.56 Å². The third-order valence-corrected chi connectivity index (χ3v) is 1.38. The molecule has 0 aliphatic carbocycles. The number of carboxylic acids is 1. The van der Waals surface area contributed by atoms with E-state index in [1.54, 1.807) is 24.3 Å². The molecule has 12 heavy (non-hydrogen) atoms. The Labute approximate surface area is 76.9 Å². The summed E-state index contributed by atoms with van der Waals surface area (Å²) in [6, 6.07) is 8.83. The molecule has 1 aromatic rings. The average Bonchev–Trinajstić information content (AvgIpc) is 2.05. The molecule has 0 fully saturated rings. The third-order valence-electron chi connectivity index (χ3n) is 1.38. The molecular formula is C9H9ClO2. The second kappa shape index (κ2) is 4.57. The van der Waals surface area contributed by atoms with Crippen molar-refractivity contribution in [3.05, 3.63) is 42.5 Å². The molecule has 0 heterocycles. The van der Waals surface area contributed by atoms with Crippen molar-refractivity contribution >= 4 is 23.9 Å². The molecule has 0 bridgehead atoms. The van der Waals surface area contributed by atoms with Gasteiger partial charge in [0.05, 0.1) is 5.57 Å². The number of carboxylic acid groups (broad SMARTS) is 1. The lowest BCUT2D eigenvalue weighted by molar-refractivity contribution is -0.130. The van der Waals surface area contributed by atoms with Crippen molar-refractivity contribution < 1.29 is 9.90 Å². The maximum atomic E-state index is 10.4. The lowest BCUT2D eigenvalue weighted by Gasteiger charge is -1.97. The molecule has 0 unspecified atom stereocenters. The van der Waals surface area contributed by atoms with Gasteiger partial charge in [0, 0.05) is 0 Å². The zero-order valence-corrected chi connectivity index (χ0v) is 7.17. The molecule has 0 amide bonds. The van der Waals surface area contributed by atoms with Gasteiger partial charge in [0.25, 0.3) is 0 Å². The topological polar surface area (TPSA) is 37.3 Å². The van der Waals surface area contributed by atoms with Gasteiger partial charge in [-0.3, -0.25) is 0 Å². The van der Waals surface area contributed by atoms with Crippen LogP contribution in [-0.4, -0.2) is 11.1 Å². The first-order chi connectivity index (χ1) is 5.22. The van der Waals surface area contributed by atoms with Gasteiger partial charge in [-0.25, -0.2) is 4.79 Å². The van der Waals surface area contributed by atoms with Crippen LogP contribution in [0, 0.1) is 0 Å². The van der Waals surface area contributed by atoms with Gasteiger partial charge in [-0.2, -0.15) is 0 Å². The summed E-state index contributed by atoms with van der Waals surface area (Å²) in [6.07, 6.45) is 0. The van der Waals surface area contributed by atoms with E-state index in [0.29, 0.717) is 5.56 Å². The Kier molecular flexibility index (Phi) is 4.08. The Morgan fingerprint density at radius 1 is 1.25 bits per heavy atom. The van der Waals surface area contributed by atoms with Crippen molar-refractivity contribution in [3.8, 4) is 0 Å². The Morgan fingerprint density at radius 3 is 2.17 bits per heavy atom. The SMILES string of the molecule is C=C(C(=O)O)c1ccccc1.Cl. The van der Waals surface area contributed by atoms with Crippen molar-refractivity contribution in [2.75, 3.05) is 0 Å². The minimum atomic E-state index is -0.976. The molecule has 2 nitrogen and oxygen atoms in total. The van der Waals surface area contributed by atoms with E-state index in [2.05, 4.69) is 6.58 Å². The number of benzene rings is 1. The van der Waals surface area contributed by atoms with Crippen molar-refractivity contribution in [2.24, 2.45) is 0 Å². The van der Waals surface area contributed by atoms with Gasteiger partial charge in [-0.1, -0.05) is 36.9 Å². The molecule has 0 radical (unpaired) electrons. The zero-order valence-electron chi connectivity index (χ0n) is 6.36. The van der Waals surface area contributed by atoms with Crippen LogP contribution in [-0.2, 0) is 4.79 Å². The first-order valence-corrected chi connectivity index (χ1v) is 3.19. The fourth-order valence-corrected chi connectivity index (χ4v) is 0.763. The van der Waals surface area contributed by atoms with Crippen LogP contribution >= 0.6 is 12.4 Å². The summed E-state index contributed by atoms with van der Waals surface area (Å²) < 4.78 is 0. The summed E-state index contributed by atoms with van der Waals surface area (Å²) in [6.45, 7) is 3.42. The molecule has 1 aromatic carbocycles. The first kappa shape index (κ1) is 10.7. The van der Waals surface area contributed by atoms with E-state index in [9.17, 15) is 4.79 Å². The smallest absolute Gasteiger partial charge is 0.335 e. The normalized spacial score (nSPS) is 8.33. The monoisotopic (exact) mass is 184 g/mol. The Morgan fingerprint density at radius 2 is 1.75 bits per heavy atom. The highest BCUT2D eigenvalue weighted by molar-refractivity contribution is 6.14. The first-order valence-electron chi connectivity index (χ1n) is 3.19. The van der Waals surface area contributed by atoms with E-state index in [1.807, 2.05) is 6.07 Å². The number of halogens is 1. The molecule has 0 spiro atoms. The molecule has 1 rings (SSSR count). The van der Waals surface area contributed by atoms with Crippen LogP contribution < -0.4 is 0 Å². The Bertz CT molecular complexity index is 280. The highest BCUT2D eigenvalue weighted by Crippen LogP contribution is 2.10. The van der Waals surface area contributed by atoms with E-state index in [4.69, 9.17) is 5.11 Å². The summed E-state index contributed by atoms with van der Waals surface area (Å²) in [4.78, 5) is 10.4. The minimum absolute atomic E-state index is 0. The maximum Gasteiger partial charge on any atom is 0.335 e. The molecule has 64 valence electrons. The number of rotatable bonds is 2. The van der Waals surface area contributed by atoms with E-state index < -0.39 is 5.97 Å². The second-order valence-corrected chi connectivity index (χ2v) is 2.15. The number of aliphatic carboxylic acids is 1. The second-order valence-electron chi connectivity index (χ2n) is 2.15. The van der Waals surface area contributed by atoms with Crippen molar-refractivity contribution in [3.63, 3.8) is 0 Å². The van der Waals surface area contributed by atoms with Crippen LogP contribution in [0.5, 0.6) is 0 Å². The van der Waals surface area contributed by atoms with Gasteiger partial charge >= 0.3 is 5.97 Å². The fraction of sp³-hybridized carbons (Fsp3) is 0. The summed E-state index contributed by atoms with van der Waals surface area (Å²) in [5.74, 6) is -0.976.